The summed E-state index contributed by atoms with van der Waals surface area (Å²) in [6.07, 6.45) is 1.18. The van der Waals surface area contributed by atoms with Gasteiger partial charge in [0.25, 0.3) is 0 Å². The van der Waals surface area contributed by atoms with Crippen LogP contribution in [0.1, 0.15) is 28.8 Å². The van der Waals surface area contributed by atoms with Gasteiger partial charge in [0.1, 0.15) is 0 Å². The minimum atomic E-state index is -0.724. The van der Waals surface area contributed by atoms with Crippen molar-refractivity contribution in [2.24, 2.45) is 11.7 Å². The Labute approximate surface area is 112 Å². The van der Waals surface area contributed by atoms with Crippen molar-refractivity contribution in [1.29, 1.82) is 0 Å². The van der Waals surface area contributed by atoms with E-state index in [1.807, 2.05) is 12.1 Å². The van der Waals surface area contributed by atoms with Crippen LogP contribution < -0.4 is 5.73 Å². The summed E-state index contributed by atoms with van der Waals surface area (Å²) in [7, 11) is 0. The fourth-order valence-corrected chi connectivity index (χ4v) is 2.50. The maximum atomic E-state index is 11.0. The second kappa shape index (κ2) is 5.84. The summed E-state index contributed by atoms with van der Waals surface area (Å²) in [5.74, 6) is -0.894. The van der Waals surface area contributed by atoms with Crippen LogP contribution in [0, 0.1) is 5.92 Å². The number of carbonyl (C=O) groups is 2. The first-order chi connectivity index (χ1) is 9.04. The summed E-state index contributed by atoms with van der Waals surface area (Å²) in [6.45, 7) is 2.54. The highest BCUT2D eigenvalue weighted by molar-refractivity contribution is 5.92. The van der Waals surface area contributed by atoms with E-state index in [9.17, 15) is 9.59 Å². The van der Waals surface area contributed by atoms with Gasteiger partial charge < -0.3 is 10.8 Å². The van der Waals surface area contributed by atoms with Crippen LogP contribution in [0.2, 0.25) is 0 Å². The number of likely N-dealkylation sites (tertiary alicyclic amines) is 1. The summed E-state index contributed by atoms with van der Waals surface area (Å²) in [5.41, 5.74) is 6.81. The van der Waals surface area contributed by atoms with E-state index in [0.29, 0.717) is 5.56 Å². The van der Waals surface area contributed by atoms with E-state index in [4.69, 9.17) is 10.8 Å². The molecule has 1 aromatic carbocycles. The number of nitrogens with zero attached hydrogens (tertiary/aromatic N) is 1. The lowest BCUT2D eigenvalue weighted by Crippen LogP contribution is -2.21. The van der Waals surface area contributed by atoms with Crippen LogP contribution in [-0.4, -0.2) is 35.0 Å². The molecule has 1 aromatic rings. The van der Waals surface area contributed by atoms with E-state index in [1.54, 1.807) is 12.1 Å². The molecule has 1 amide bonds. The number of nitrogens with two attached hydrogens (primary N) is 1. The van der Waals surface area contributed by atoms with Crippen molar-refractivity contribution in [3.63, 3.8) is 0 Å². The Hall–Kier alpha value is -1.88. The molecule has 1 saturated heterocycles. The Morgan fingerprint density at radius 2 is 2.00 bits per heavy atom. The Morgan fingerprint density at radius 1 is 1.32 bits per heavy atom. The highest BCUT2D eigenvalue weighted by Crippen LogP contribution is 2.21. The standard InChI is InChI=1S/C14H18N2O3/c15-14(19)12-3-1-10(2-4-12)8-16-6-5-11(9-16)7-13(17)18/h1-4,11H,5-9H2,(H2,15,19)(H,17,18). The van der Waals surface area contributed by atoms with Gasteiger partial charge >= 0.3 is 5.97 Å². The molecule has 1 aliphatic heterocycles. The van der Waals surface area contributed by atoms with Crippen molar-refractivity contribution in [2.45, 2.75) is 19.4 Å². The van der Waals surface area contributed by atoms with E-state index in [0.717, 1.165) is 31.6 Å². The van der Waals surface area contributed by atoms with Crippen molar-refractivity contribution in [2.75, 3.05) is 13.1 Å². The lowest BCUT2D eigenvalue weighted by molar-refractivity contribution is -0.138. The second-order valence-corrected chi connectivity index (χ2v) is 5.05. The zero-order chi connectivity index (χ0) is 13.8. The molecule has 0 spiro atoms. The van der Waals surface area contributed by atoms with Gasteiger partial charge in [0.15, 0.2) is 0 Å². The van der Waals surface area contributed by atoms with Crippen LogP contribution in [0.25, 0.3) is 0 Å². The molecule has 1 heterocycles. The molecule has 2 rings (SSSR count). The van der Waals surface area contributed by atoms with Crippen molar-refractivity contribution < 1.29 is 14.7 Å². The number of carbonyl (C=O) groups excluding carboxylic acids is 1. The Kier molecular flexibility index (Phi) is 4.16. The quantitative estimate of drug-likeness (QED) is 0.831. The predicted octanol–water partition coefficient (Wildman–Crippen LogP) is 1.08. The minimum Gasteiger partial charge on any atom is -0.481 e. The summed E-state index contributed by atoms with van der Waals surface area (Å²) in [6, 6.07) is 7.24. The van der Waals surface area contributed by atoms with E-state index >= 15 is 0 Å². The van der Waals surface area contributed by atoms with Gasteiger partial charge in [-0.05, 0) is 36.6 Å². The molecule has 0 radical (unpaired) electrons. The number of benzene rings is 1. The third-order valence-electron chi connectivity index (χ3n) is 3.48. The third kappa shape index (κ3) is 3.79. The van der Waals surface area contributed by atoms with Crippen LogP contribution in [-0.2, 0) is 11.3 Å². The van der Waals surface area contributed by atoms with Gasteiger partial charge in [-0.15, -0.1) is 0 Å². The van der Waals surface area contributed by atoms with Gasteiger partial charge in [0.05, 0.1) is 0 Å². The van der Waals surface area contributed by atoms with E-state index < -0.39 is 11.9 Å². The van der Waals surface area contributed by atoms with Crippen LogP contribution in [0.15, 0.2) is 24.3 Å². The molecule has 1 atom stereocenters. The molecular formula is C14H18N2O3. The average molecular weight is 262 g/mol. The number of hydrogen-bond donors (Lipinski definition) is 2. The molecule has 5 heteroatoms. The summed E-state index contributed by atoms with van der Waals surface area (Å²) < 4.78 is 0. The van der Waals surface area contributed by atoms with Crippen molar-refractivity contribution >= 4 is 11.9 Å². The third-order valence-corrected chi connectivity index (χ3v) is 3.48. The Morgan fingerprint density at radius 3 is 2.58 bits per heavy atom. The molecule has 1 unspecified atom stereocenters. The van der Waals surface area contributed by atoms with Gasteiger partial charge in [-0.25, -0.2) is 0 Å². The average Bonchev–Trinajstić information content (AvgIpc) is 2.76. The molecule has 5 nitrogen and oxygen atoms in total. The number of amides is 1. The highest BCUT2D eigenvalue weighted by Gasteiger charge is 2.24. The minimum absolute atomic E-state index is 0.247. The van der Waals surface area contributed by atoms with Gasteiger partial charge in [-0.2, -0.15) is 0 Å². The number of rotatable bonds is 5. The fraction of sp³-hybridized carbons (Fsp3) is 0.429. The first-order valence-corrected chi connectivity index (χ1v) is 6.37. The fourth-order valence-electron chi connectivity index (χ4n) is 2.50. The van der Waals surface area contributed by atoms with Gasteiger partial charge in [0, 0.05) is 25.1 Å². The summed E-state index contributed by atoms with van der Waals surface area (Å²) in [5, 5.41) is 8.77. The molecule has 0 aliphatic carbocycles. The summed E-state index contributed by atoms with van der Waals surface area (Å²) in [4.78, 5) is 23.9. The molecule has 19 heavy (non-hydrogen) atoms. The molecule has 0 bridgehead atoms. The number of carboxylic acids is 1. The zero-order valence-corrected chi connectivity index (χ0v) is 10.7. The summed E-state index contributed by atoms with van der Waals surface area (Å²) >= 11 is 0. The molecule has 0 aromatic heterocycles. The molecular weight excluding hydrogens is 244 g/mol. The molecule has 102 valence electrons. The Balaban J connectivity index is 1.88. The second-order valence-electron chi connectivity index (χ2n) is 5.05. The largest absolute Gasteiger partial charge is 0.481 e. The first kappa shape index (κ1) is 13.5. The van der Waals surface area contributed by atoms with Crippen LogP contribution in [0.3, 0.4) is 0 Å². The lowest BCUT2D eigenvalue weighted by atomic mass is 10.1. The van der Waals surface area contributed by atoms with Gasteiger partial charge in [-0.3, -0.25) is 14.5 Å². The number of aliphatic carboxylic acids is 1. The van der Waals surface area contributed by atoms with E-state index in [-0.39, 0.29) is 12.3 Å². The Bertz CT molecular complexity index is 470. The van der Waals surface area contributed by atoms with Gasteiger partial charge in [0.2, 0.25) is 5.91 Å². The monoisotopic (exact) mass is 262 g/mol. The number of hydrogen-bond acceptors (Lipinski definition) is 3. The van der Waals surface area contributed by atoms with Crippen molar-refractivity contribution in [3.8, 4) is 0 Å². The molecule has 0 saturated carbocycles. The SMILES string of the molecule is NC(=O)c1ccc(CN2CCC(CC(=O)O)C2)cc1. The van der Waals surface area contributed by atoms with Crippen LogP contribution in [0.5, 0.6) is 0 Å². The zero-order valence-electron chi connectivity index (χ0n) is 10.7. The highest BCUT2D eigenvalue weighted by atomic mass is 16.4. The van der Waals surface area contributed by atoms with Gasteiger partial charge in [-0.1, -0.05) is 12.1 Å². The van der Waals surface area contributed by atoms with Crippen LogP contribution in [0.4, 0.5) is 0 Å². The molecule has 3 N–H and O–H groups in total. The number of carboxylic acid groups (broad SMARTS) is 1. The van der Waals surface area contributed by atoms with E-state index in [1.165, 1.54) is 0 Å². The van der Waals surface area contributed by atoms with Crippen LogP contribution >= 0.6 is 0 Å². The topological polar surface area (TPSA) is 83.6 Å². The van der Waals surface area contributed by atoms with Crippen molar-refractivity contribution in [3.05, 3.63) is 35.4 Å². The number of primary amides is 1. The van der Waals surface area contributed by atoms with E-state index in [2.05, 4.69) is 4.90 Å². The molecule has 1 aliphatic rings. The lowest BCUT2D eigenvalue weighted by Gasteiger charge is -2.15. The maximum absolute atomic E-state index is 11.0. The maximum Gasteiger partial charge on any atom is 0.303 e. The predicted molar refractivity (Wildman–Crippen MR) is 70.6 cm³/mol. The first-order valence-electron chi connectivity index (χ1n) is 6.37. The smallest absolute Gasteiger partial charge is 0.303 e. The van der Waals surface area contributed by atoms with Crippen molar-refractivity contribution in [1.82, 2.24) is 4.90 Å². The normalized spacial score (nSPS) is 19.5. The molecule has 1 fully saturated rings.